The Morgan fingerprint density at radius 3 is 2.30 bits per heavy atom. The molecule has 0 saturated heterocycles. The number of carbonyl (C=O) groups is 2. The van der Waals surface area contributed by atoms with Crippen molar-refractivity contribution in [3.63, 3.8) is 0 Å². The van der Waals surface area contributed by atoms with Gasteiger partial charge < -0.3 is 18.9 Å². The maximum absolute atomic E-state index is 12.1. The highest BCUT2D eigenvalue weighted by molar-refractivity contribution is 5.98. The number of esters is 2. The van der Waals surface area contributed by atoms with Crippen molar-refractivity contribution in [3.8, 4) is 11.5 Å². The number of rotatable bonds is 8. The zero-order chi connectivity index (χ0) is 17.2. The Bertz CT molecular complexity index is 576. The quantitative estimate of drug-likeness (QED) is 0.541. The summed E-state index contributed by atoms with van der Waals surface area (Å²) in [6.07, 6.45) is 1.38. The van der Waals surface area contributed by atoms with Crippen LogP contribution in [0.15, 0.2) is 23.8 Å². The molecule has 0 aliphatic heterocycles. The zero-order valence-corrected chi connectivity index (χ0v) is 13.9. The molecule has 1 aromatic carbocycles. The molecule has 0 radical (unpaired) electrons. The Kier molecular flexibility index (Phi) is 7.66. The van der Waals surface area contributed by atoms with Gasteiger partial charge in [-0.1, -0.05) is 12.1 Å². The monoisotopic (exact) mass is 322 g/mol. The van der Waals surface area contributed by atoms with Crippen LogP contribution in [-0.4, -0.2) is 39.4 Å². The van der Waals surface area contributed by atoms with Crippen LogP contribution in [-0.2, 0) is 19.1 Å². The van der Waals surface area contributed by atoms with E-state index in [1.54, 1.807) is 38.1 Å². The van der Waals surface area contributed by atoms with Gasteiger partial charge in [-0.15, -0.1) is 0 Å². The molecule has 0 spiro atoms. The summed E-state index contributed by atoms with van der Waals surface area (Å²) in [4.78, 5) is 23.8. The fourth-order valence-corrected chi connectivity index (χ4v) is 1.99. The summed E-state index contributed by atoms with van der Waals surface area (Å²) in [5, 5.41) is 0. The summed E-state index contributed by atoms with van der Waals surface area (Å²) in [5.41, 5.74) is 0.802. The van der Waals surface area contributed by atoms with Crippen molar-refractivity contribution in [1.29, 1.82) is 0 Å². The second-order valence-electron chi connectivity index (χ2n) is 4.45. The molecule has 0 heterocycles. The molecule has 126 valence electrons. The van der Waals surface area contributed by atoms with E-state index in [4.69, 9.17) is 18.9 Å². The number of para-hydroxylation sites is 1. The van der Waals surface area contributed by atoms with Gasteiger partial charge in [0, 0.05) is 11.1 Å². The second-order valence-corrected chi connectivity index (χ2v) is 4.45. The molecule has 23 heavy (non-hydrogen) atoms. The lowest BCUT2D eigenvalue weighted by atomic mass is 10.1. The van der Waals surface area contributed by atoms with Gasteiger partial charge >= 0.3 is 11.9 Å². The Morgan fingerprint density at radius 2 is 1.74 bits per heavy atom. The molecule has 0 aromatic heterocycles. The number of ether oxygens (including phenoxy) is 4. The van der Waals surface area contributed by atoms with Gasteiger partial charge in [-0.3, -0.25) is 4.79 Å². The van der Waals surface area contributed by atoms with E-state index in [1.807, 2.05) is 0 Å². The topological polar surface area (TPSA) is 71.1 Å². The molecule has 0 aliphatic carbocycles. The second kappa shape index (κ2) is 9.50. The molecular weight excluding hydrogens is 300 g/mol. The van der Waals surface area contributed by atoms with Crippen molar-refractivity contribution in [2.45, 2.75) is 20.3 Å². The van der Waals surface area contributed by atoms with Gasteiger partial charge in [0.25, 0.3) is 0 Å². The highest BCUT2D eigenvalue weighted by Crippen LogP contribution is 2.32. The number of carbonyl (C=O) groups excluding carboxylic acids is 2. The molecule has 6 nitrogen and oxygen atoms in total. The van der Waals surface area contributed by atoms with Gasteiger partial charge in [-0.2, -0.15) is 0 Å². The molecule has 0 amide bonds. The van der Waals surface area contributed by atoms with Gasteiger partial charge in [0.1, 0.15) is 0 Å². The van der Waals surface area contributed by atoms with Gasteiger partial charge in [0.15, 0.2) is 11.5 Å². The molecule has 0 fully saturated rings. The van der Waals surface area contributed by atoms with Crippen LogP contribution in [0.2, 0.25) is 0 Å². The van der Waals surface area contributed by atoms with Gasteiger partial charge in [-0.25, -0.2) is 4.79 Å². The Morgan fingerprint density at radius 1 is 1.04 bits per heavy atom. The van der Waals surface area contributed by atoms with Crippen LogP contribution in [0.25, 0.3) is 6.08 Å². The summed E-state index contributed by atoms with van der Waals surface area (Å²) < 4.78 is 20.4. The maximum Gasteiger partial charge on any atom is 0.334 e. The van der Waals surface area contributed by atoms with Gasteiger partial charge in [0.05, 0.1) is 33.9 Å². The SMILES string of the molecule is CCOC(=O)CC(=Cc1cccc(OC)c1OC)C(=O)OCC. The average Bonchev–Trinajstić information content (AvgIpc) is 2.54. The molecule has 0 saturated carbocycles. The summed E-state index contributed by atoms with van der Waals surface area (Å²) >= 11 is 0. The molecule has 0 aliphatic rings. The largest absolute Gasteiger partial charge is 0.493 e. The molecule has 0 N–H and O–H groups in total. The van der Waals surface area contributed by atoms with Crippen LogP contribution in [0.4, 0.5) is 0 Å². The lowest BCUT2D eigenvalue weighted by Gasteiger charge is -2.12. The van der Waals surface area contributed by atoms with Crippen molar-refractivity contribution >= 4 is 18.0 Å². The fraction of sp³-hybridized carbons (Fsp3) is 0.412. The van der Waals surface area contributed by atoms with Crippen molar-refractivity contribution in [2.24, 2.45) is 0 Å². The summed E-state index contributed by atoms with van der Waals surface area (Å²) in [6, 6.07) is 5.26. The smallest absolute Gasteiger partial charge is 0.334 e. The average molecular weight is 322 g/mol. The molecule has 1 rings (SSSR count). The normalized spacial score (nSPS) is 10.9. The van der Waals surface area contributed by atoms with E-state index >= 15 is 0 Å². The van der Waals surface area contributed by atoms with Crippen LogP contribution in [0.5, 0.6) is 11.5 Å². The number of hydrogen-bond acceptors (Lipinski definition) is 6. The number of benzene rings is 1. The van der Waals surface area contributed by atoms with Gasteiger partial charge in [-0.05, 0) is 26.0 Å². The predicted molar refractivity (Wildman–Crippen MR) is 85.4 cm³/mol. The third-order valence-corrected chi connectivity index (χ3v) is 2.94. The molecule has 6 heteroatoms. The molecular formula is C17H22O6. The van der Waals surface area contributed by atoms with E-state index in [-0.39, 0.29) is 25.2 Å². The third-order valence-electron chi connectivity index (χ3n) is 2.94. The zero-order valence-electron chi connectivity index (χ0n) is 13.9. The highest BCUT2D eigenvalue weighted by atomic mass is 16.5. The van der Waals surface area contributed by atoms with E-state index in [0.29, 0.717) is 17.1 Å². The first-order chi connectivity index (χ1) is 11.1. The Hall–Kier alpha value is -2.50. The minimum atomic E-state index is -0.564. The predicted octanol–water partition coefficient (Wildman–Crippen LogP) is 2.60. The minimum Gasteiger partial charge on any atom is -0.493 e. The first-order valence-electron chi connectivity index (χ1n) is 7.31. The van der Waals surface area contributed by atoms with E-state index < -0.39 is 11.9 Å². The van der Waals surface area contributed by atoms with E-state index in [9.17, 15) is 9.59 Å². The lowest BCUT2D eigenvalue weighted by Crippen LogP contribution is -2.13. The third kappa shape index (κ3) is 5.32. The first-order valence-corrected chi connectivity index (χ1v) is 7.31. The lowest BCUT2D eigenvalue weighted by molar-refractivity contribution is -0.145. The van der Waals surface area contributed by atoms with E-state index in [2.05, 4.69) is 0 Å². The molecule has 1 aromatic rings. The van der Waals surface area contributed by atoms with Crippen LogP contribution >= 0.6 is 0 Å². The molecule has 0 bridgehead atoms. The van der Waals surface area contributed by atoms with Crippen LogP contribution in [0.1, 0.15) is 25.8 Å². The molecule has 0 unspecified atom stereocenters. The molecule has 0 atom stereocenters. The summed E-state index contributed by atoms with van der Waals surface area (Å²) in [7, 11) is 3.03. The summed E-state index contributed by atoms with van der Waals surface area (Å²) in [5.74, 6) is -0.0552. The van der Waals surface area contributed by atoms with E-state index in [0.717, 1.165) is 0 Å². The Balaban J connectivity index is 3.22. The van der Waals surface area contributed by atoms with Crippen molar-refractivity contribution in [1.82, 2.24) is 0 Å². The van der Waals surface area contributed by atoms with Crippen LogP contribution < -0.4 is 9.47 Å². The summed E-state index contributed by atoms with van der Waals surface area (Å²) in [6.45, 7) is 3.87. The number of hydrogen-bond donors (Lipinski definition) is 0. The van der Waals surface area contributed by atoms with Gasteiger partial charge in [0.2, 0.25) is 0 Å². The standard InChI is InChI=1S/C17H22O6/c1-5-22-15(18)11-13(17(19)23-6-2)10-12-8-7-9-14(20-3)16(12)21-4/h7-10H,5-6,11H2,1-4H3. The fourth-order valence-electron chi connectivity index (χ4n) is 1.99. The first kappa shape index (κ1) is 18.5. The van der Waals surface area contributed by atoms with Crippen molar-refractivity contribution in [2.75, 3.05) is 27.4 Å². The van der Waals surface area contributed by atoms with Crippen LogP contribution in [0, 0.1) is 0 Å². The van der Waals surface area contributed by atoms with Crippen molar-refractivity contribution < 1.29 is 28.5 Å². The van der Waals surface area contributed by atoms with Crippen LogP contribution in [0.3, 0.4) is 0 Å². The van der Waals surface area contributed by atoms with Crippen molar-refractivity contribution in [3.05, 3.63) is 29.3 Å². The number of methoxy groups -OCH3 is 2. The maximum atomic E-state index is 12.1. The van der Waals surface area contributed by atoms with E-state index in [1.165, 1.54) is 14.2 Å². The minimum absolute atomic E-state index is 0.174. The highest BCUT2D eigenvalue weighted by Gasteiger charge is 2.18. The Labute approximate surface area is 136 Å².